The van der Waals surface area contributed by atoms with Crippen molar-refractivity contribution in [1.29, 1.82) is 0 Å². The molecule has 23 heavy (non-hydrogen) atoms. The maximum Gasteiger partial charge on any atom is 0.494 e. The number of carbonyl (C=O) groups excluding carboxylic acids is 1. The standard InChI is InChI=1S/C15H19BF3NO3/c1-9(21)20-12-7-10(15(17,18)19)6-11(8-12)16-22-13(2,3)14(4,5)23-16/h6-8H,1-5H3,(H,20,21). The molecule has 1 heterocycles. The number of halogens is 3. The summed E-state index contributed by atoms with van der Waals surface area (Å²) < 4.78 is 50.8. The fourth-order valence-corrected chi connectivity index (χ4v) is 2.21. The monoisotopic (exact) mass is 329 g/mol. The highest BCUT2D eigenvalue weighted by atomic mass is 19.4. The van der Waals surface area contributed by atoms with E-state index in [2.05, 4.69) is 5.32 Å². The molecule has 0 unspecified atom stereocenters. The summed E-state index contributed by atoms with van der Waals surface area (Å²) in [6.45, 7) is 8.49. The first kappa shape index (κ1) is 17.8. The minimum Gasteiger partial charge on any atom is -0.399 e. The molecule has 0 atom stereocenters. The Kier molecular flexibility index (Phi) is 4.28. The van der Waals surface area contributed by atoms with E-state index in [1.54, 1.807) is 0 Å². The molecule has 0 radical (unpaired) electrons. The van der Waals surface area contributed by atoms with Crippen LogP contribution < -0.4 is 10.8 Å². The van der Waals surface area contributed by atoms with E-state index in [9.17, 15) is 18.0 Å². The van der Waals surface area contributed by atoms with E-state index >= 15 is 0 Å². The Morgan fingerprint density at radius 1 is 1.09 bits per heavy atom. The molecule has 1 N–H and O–H groups in total. The van der Waals surface area contributed by atoms with Gasteiger partial charge in [-0.05, 0) is 45.3 Å². The van der Waals surface area contributed by atoms with Crippen molar-refractivity contribution < 1.29 is 27.3 Å². The van der Waals surface area contributed by atoms with E-state index in [1.165, 1.54) is 13.0 Å². The zero-order valence-corrected chi connectivity index (χ0v) is 13.7. The molecule has 1 aliphatic heterocycles. The van der Waals surface area contributed by atoms with Crippen LogP contribution in [0.3, 0.4) is 0 Å². The van der Waals surface area contributed by atoms with E-state index in [0.717, 1.165) is 12.1 Å². The third-order valence-corrected chi connectivity index (χ3v) is 4.13. The van der Waals surface area contributed by atoms with Crippen LogP contribution in [0.5, 0.6) is 0 Å². The number of benzene rings is 1. The highest BCUT2D eigenvalue weighted by Crippen LogP contribution is 2.37. The summed E-state index contributed by atoms with van der Waals surface area (Å²) in [6.07, 6.45) is -4.53. The zero-order chi connectivity index (χ0) is 17.6. The Morgan fingerprint density at radius 2 is 1.61 bits per heavy atom. The van der Waals surface area contributed by atoms with Gasteiger partial charge in [0.2, 0.25) is 5.91 Å². The van der Waals surface area contributed by atoms with E-state index in [-0.39, 0.29) is 11.2 Å². The van der Waals surface area contributed by atoms with Gasteiger partial charge < -0.3 is 14.6 Å². The van der Waals surface area contributed by atoms with Crippen LogP contribution in [0.2, 0.25) is 0 Å². The van der Waals surface area contributed by atoms with E-state index in [0.29, 0.717) is 0 Å². The Morgan fingerprint density at radius 3 is 2.04 bits per heavy atom. The average molecular weight is 329 g/mol. The van der Waals surface area contributed by atoms with Crippen LogP contribution in [0.1, 0.15) is 40.2 Å². The van der Waals surface area contributed by atoms with Gasteiger partial charge in [0.25, 0.3) is 0 Å². The van der Waals surface area contributed by atoms with Gasteiger partial charge in [-0.2, -0.15) is 13.2 Å². The van der Waals surface area contributed by atoms with Gasteiger partial charge in [-0.25, -0.2) is 0 Å². The molecule has 1 amide bonds. The van der Waals surface area contributed by atoms with Crippen molar-refractivity contribution >= 4 is 24.2 Å². The molecule has 0 aliphatic carbocycles. The number of nitrogens with one attached hydrogen (secondary N) is 1. The number of hydrogen-bond acceptors (Lipinski definition) is 3. The van der Waals surface area contributed by atoms with E-state index in [4.69, 9.17) is 9.31 Å². The lowest BCUT2D eigenvalue weighted by Crippen LogP contribution is -2.41. The van der Waals surface area contributed by atoms with Crippen molar-refractivity contribution in [2.75, 3.05) is 5.32 Å². The van der Waals surface area contributed by atoms with Gasteiger partial charge in [0.15, 0.2) is 0 Å². The minimum atomic E-state index is -4.53. The zero-order valence-electron chi connectivity index (χ0n) is 13.7. The lowest BCUT2D eigenvalue weighted by atomic mass is 9.78. The number of rotatable bonds is 2. The molecule has 0 bridgehead atoms. The van der Waals surface area contributed by atoms with Crippen molar-refractivity contribution in [2.24, 2.45) is 0 Å². The van der Waals surface area contributed by atoms with Gasteiger partial charge in [-0.1, -0.05) is 6.07 Å². The van der Waals surface area contributed by atoms with Gasteiger partial charge in [-0.3, -0.25) is 4.79 Å². The molecule has 126 valence electrons. The van der Waals surface area contributed by atoms with E-state index in [1.807, 2.05) is 27.7 Å². The Labute approximate surface area is 133 Å². The highest BCUT2D eigenvalue weighted by molar-refractivity contribution is 6.62. The largest absolute Gasteiger partial charge is 0.494 e. The second-order valence-electron chi connectivity index (χ2n) is 6.61. The van der Waals surface area contributed by atoms with Crippen LogP contribution in [0.4, 0.5) is 18.9 Å². The second kappa shape index (κ2) is 5.52. The minimum absolute atomic E-state index is 0.0528. The quantitative estimate of drug-likeness (QED) is 0.849. The van der Waals surface area contributed by atoms with Crippen molar-refractivity contribution in [3.63, 3.8) is 0 Å². The first-order valence-electron chi connectivity index (χ1n) is 7.17. The Hall–Kier alpha value is -1.54. The predicted octanol–water partition coefficient (Wildman–Crippen LogP) is 2.96. The molecule has 1 aliphatic rings. The van der Waals surface area contributed by atoms with E-state index < -0.39 is 36.0 Å². The molecule has 8 heteroatoms. The molecular formula is C15H19BF3NO3. The van der Waals surface area contributed by atoms with Crippen molar-refractivity contribution in [3.8, 4) is 0 Å². The lowest BCUT2D eigenvalue weighted by molar-refractivity contribution is -0.137. The van der Waals surface area contributed by atoms with Crippen LogP contribution >= 0.6 is 0 Å². The first-order chi connectivity index (χ1) is 10.3. The predicted molar refractivity (Wildman–Crippen MR) is 81.5 cm³/mol. The number of amides is 1. The maximum atomic E-state index is 13.1. The molecule has 4 nitrogen and oxygen atoms in total. The lowest BCUT2D eigenvalue weighted by Gasteiger charge is -2.32. The molecule has 1 aromatic carbocycles. The van der Waals surface area contributed by atoms with Gasteiger partial charge in [-0.15, -0.1) is 0 Å². The Balaban J connectivity index is 2.44. The maximum absolute atomic E-state index is 13.1. The normalized spacial score (nSPS) is 19.7. The third kappa shape index (κ3) is 3.69. The van der Waals surface area contributed by atoms with Gasteiger partial charge in [0, 0.05) is 12.6 Å². The average Bonchev–Trinajstić information content (AvgIpc) is 2.56. The molecule has 1 fully saturated rings. The SMILES string of the molecule is CC(=O)Nc1cc(B2OC(C)(C)C(C)(C)O2)cc(C(F)(F)F)c1. The summed E-state index contributed by atoms with van der Waals surface area (Å²) in [5, 5.41) is 2.37. The number of anilines is 1. The van der Waals surface area contributed by atoms with Crippen molar-refractivity contribution in [3.05, 3.63) is 23.8 Å². The summed E-state index contributed by atoms with van der Waals surface area (Å²) in [4.78, 5) is 11.2. The first-order valence-corrected chi connectivity index (χ1v) is 7.17. The number of alkyl halides is 3. The smallest absolute Gasteiger partial charge is 0.399 e. The topological polar surface area (TPSA) is 47.6 Å². The fourth-order valence-electron chi connectivity index (χ4n) is 2.21. The number of hydrogen-bond donors (Lipinski definition) is 1. The Bertz CT molecular complexity index is 613. The van der Waals surface area contributed by atoms with Crippen molar-refractivity contribution in [1.82, 2.24) is 0 Å². The summed E-state index contributed by atoms with van der Waals surface area (Å²) >= 11 is 0. The summed E-state index contributed by atoms with van der Waals surface area (Å²) in [5.41, 5.74) is -1.94. The molecule has 0 aromatic heterocycles. The van der Waals surface area contributed by atoms with Crippen LogP contribution in [0.25, 0.3) is 0 Å². The second-order valence-corrected chi connectivity index (χ2v) is 6.61. The molecule has 1 aromatic rings. The summed E-state index contributed by atoms with van der Waals surface area (Å²) in [7, 11) is -0.935. The molecule has 0 spiro atoms. The van der Waals surface area contributed by atoms with Crippen LogP contribution in [-0.2, 0) is 20.3 Å². The number of carbonyl (C=O) groups is 1. The summed E-state index contributed by atoms with van der Waals surface area (Å²) in [6, 6.07) is 3.29. The molecular weight excluding hydrogens is 310 g/mol. The summed E-state index contributed by atoms with van der Waals surface area (Å²) in [5.74, 6) is -0.454. The van der Waals surface area contributed by atoms with Gasteiger partial charge >= 0.3 is 13.3 Å². The molecule has 1 saturated heterocycles. The fraction of sp³-hybridized carbons (Fsp3) is 0.533. The molecule has 2 rings (SSSR count). The van der Waals surface area contributed by atoms with Crippen LogP contribution in [0.15, 0.2) is 18.2 Å². The van der Waals surface area contributed by atoms with Gasteiger partial charge in [0.05, 0.1) is 16.8 Å². The third-order valence-electron chi connectivity index (χ3n) is 4.13. The van der Waals surface area contributed by atoms with Crippen molar-refractivity contribution in [2.45, 2.75) is 52.0 Å². The van der Waals surface area contributed by atoms with Crippen LogP contribution in [-0.4, -0.2) is 24.2 Å². The highest BCUT2D eigenvalue weighted by Gasteiger charge is 2.52. The van der Waals surface area contributed by atoms with Crippen LogP contribution in [0, 0.1) is 0 Å². The molecule has 0 saturated carbocycles. The van der Waals surface area contributed by atoms with Gasteiger partial charge in [0.1, 0.15) is 0 Å².